The van der Waals surface area contributed by atoms with Crippen LogP contribution < -0.4 is 0 Å². The lowest BCUT2D eigenvalue weighted by atomic mass is 9.99. The molecule has 1 aromatic carbocycles. The molecule has 4 heterocycles. The molecule has 0 bridgehead atoms. The maximum Gasteiger partial charge on any atom is 0.272 e. The average molecular weight is 412 g/mol. The predicted octanol–water partition coefficient (Wildman–Crippen LogP) is 2.97. The van der Waals surface area contributed by atoms with E-state index in [2.05, 4.69) is 20.3 Å². The number of rotatable bonds is 2. The molecule has 10 heteroatoms. The first-order valence-corrected chi connectivity index (χ1v) is 9.22. The Bertz CT molecular complexity index is 1290. The third kappa shape index (κ3) is 2.75. The number of halogens is 3. The van der Waals surface area contributed by atoms with Gasteiger partial charge in [0, 0.05) is 30.9 Å². The first-order valence-electron chi connectivity index (χ1n) is 9.22. The molecule has 1 aliphatic rings. The number of nitrogens with zero attached hydrogens (tertiary/aromatic N) is 5. The molecule has 0 fully saturated rings. The van der Waals surface area contributed by atoms with Gasteiger partial charge in [0.15, 0.2) is 23.1 Å². The van der Waals surface area contributed by atoms with E-state index in [1.165, 1.54) is 4.68 Å². The highest BCUT2D eigenvalue weighted by Gasteiger charge is 2.29. The van der Waals surface area contributed by atoms with E-state index in [0.29, 0.717) is 41.1 Å². The van der Waals surface area contributed by atoms with Crippen LogP contribution in [0.15, 0.2) is 30.5 Å². The first kappa shape index (κ1) is 18.3. The molecule has 152 valence electrons. The van der Waals surface area contributed by atoms with Gasteiger partial charge in [0.2, 0.25) is 0 Å². The Labute approximate surface area is 168 Å². The van der Waals surface area contributed by atoms with E-state index >= 15 is 0 Å². The molecule has 0 atom stereocenters. The summed E-state index contributed by atoms with van der Waals surface area (Å²) >= 11 is 0. The smallest absolute Gasteiger partial charge is 0.272 e. The minimum Gasteiger partial charge on any atom is -0.331 e. The fraction of sp³-hybridized carbons (Fsp3) is 0.200. The van der Waals surface area contributed by atoms with Crippen LogP contribution in [0.3, 0.4) is 0 Å². The van der Waals surface area contributed by atoms with Gasteiger partial charge in [0.25, 0.3) is 5.91 Å². The highest BCUT2D eigenvalue weighted by atomic mass is 19.2. The molecule has 1 aliphatic heterocycles. The molecule has 0 saturated heterocycles. The number of carbonyl (C=O) groups excluding carboxylic acids is 1. The average Bonchev–Trinajstić information content (AvgIpc) is 3.30. The van der Waals surface area contributed by atoms with Gasteiger partial charge >= 0.3 is 0 Å². The van der Waals surface area contributed by atoms with E-state index in [9.17, 15) is 18.0 Å². The number of pyridine rings is 1. The lowest BCUT2D eigenvalue weighted by Gasteiger charge is -2.26. The van der Waals surface area contributed by atoms with Crippen LogP contribution in [0.1, 0.15) is 21.7 Å². The van der Waals surface area contributed by atoms with Gasteiger partial charge in [-0.25, -0.2) is 18.2 Å². The molecule has 0 radical (unpaired) electrons. The molecule has 1 amide bonds. The SMILES string of the molecule is Cn1nc2c(c1-c1cc(F)c(F)c(F)c1)CCN(C(=O)c1[nH]nc3ncccc13)C2. The van der Waals surface area contributed by atoms with Crippen molar-refractivity contribution < 1.29 is 18.0 Å². The Morgan fingerprint density at radius 2 is 1.97 bits per heavy atom. The van der Waals surface area contributed by atoms with Gasteiger partial charge in [-0.2, -0.15) is 10.2 Å². The lowest BCUT2D eigenvalue weighted by Crippen LogP contribution is -2.36. The Hall–Kier alpha value is -3.69. The topological polar surface area (TPSA) is 79.7 Å². The normalized spacial score (nSPS) is 13.7. The summed E-state index contributed by atoms with van der Waals surface area (Å²) in [6.07, 6.45) is 2.04. The zero-order valence-electron chi connectivity index (χ0n) is 15.8. The van der Waals surface area contributed by atoms with Crippen LogP contribution in [0.25, 0.3) is 22.3 Å². The second kappa shape index (κ2) is 6.68. The molecule has 30 heavy (non-hydrogen) atoms. The summed E-state index contributed by atoms with van der Waals surface area (Å²) in [5.41, 5.74) is 2.92. The second-order valence-corrected chi connectivity index (χ2v) is 7.10. The Balaban J connectivity index is 1.49. The zero-order chi connectivity index (χ0) is 21.0. The Kier molecular flexibility index (Phi) is 4.09. The van der Waals surface area contributed by atoms with Gasteiger partial charge in [0.1, 0.15) is 5.69 Å². The Morgan fingerprint density at radius 3 is 2.73 bits per heavy atom. The van der Waals surface area contributed by atoms with E-state index in [0.717, 1.165) is 17.7 Å². The number of amides is 1. The molecule has 7 nitrogen and oxygen atoms in total. The van der Waals surface area contributed by atoms with Crippen LogP contribution in [-0.4, -0.2) is 42.3 Å². The monoisotopic (exact) mass is 412 g/mol. The van der Waals surface area contributed by atoms with Gasteiger partial charge in [-0.3, -0.25) is 14.6 Å². The van der Waals surface area contributed by atoms with Crippen molar-refractivity contribution in [3.05, 3.63) is 64.9 Å². The van der Waals surface area contributed by atoms with Crippen molar-refractivity contribution in [2.24, 2.45) is 7.05 Å². The van der Waals surface area contributed by atoms with Crippen LogP contribution >= 0.6 is 0 Å². The molecule has 5 rings (SSSR count). The largest absolute Gasteiger partial charge is 0.331 e. The van der Waals surface area contributed by atoms with E-state index in [1.54, 1.807) is 30.3 Å². The number of nitrogens with one attached hydrogen (secondary N) is 1. The highest BCUT2D eigenvalue weighted by Crippen LogP contribution is 2.32. The van der Waals surface area contributed by atoms with Crippen molar-refractivity contribution in [1.82, 2.24) is 29.9 Å². The zero-order valence-corrected chi connectivity index (χ0v) is 15.8. The van der Waals surface area contributed by atoms with Crippen LogP contribution in [0.4, 0.5) is 13.2 Å². The maximum absolute atomic E-state index is 13.7. The van der Waals surface area contributed by atoms with Gasteiger partial charge in [-0.1, -0.05) is 0 Å². The summed E-state index contributed by atoms with van der Waals surface area (Å²) in [7, 11) is 1.65. The van der Waals surface area contributed by atoms with E-state index in [1.807, 2.05) is 0 Å². The maximum atomic E-state index is 13.7. The van der Waals surface area contributed by atoms with Crippen molar-refractivity contribution in [2.75, 3.05) is 6.54 Å². The number of hydrogen-bond donors (Lipinski definition) is 1. The fourth-order valence-corrected chi connectivity index (χ4v) is 3.92. The summed E-state index contributed by atoms with van der Waals surface area (Å²) in [6.45, 7) is 0.617. The van der Waals surface area contributed by atoms with Gasteiger partial charge < -0.3 is 4.90 Å². The molecule has 1 N–H and O–H groups in total. The standard InChI is InChI=1S/C20H15F3N6O/c1-28-18(10-7-13(21)16(23)14(22)8-10)11-4-6-29(9-15(11)27-28)20(30)17-12-3-2-5-24-19(12)26-25-17/h2-3,5,7-8H,4,6,9H2,1H3,(H,24,25,26). The highest BCUT2D eigenvalue weighted by molar-refractivity contribution is 6.03. The van der Waals surface area contributed by atoms with Crippen molar-refractivity contribution in [3.8, 4) is 11.3 Å². The number of aryl methyl sites for hydroxylation is 1. The molecular weight excluding hydrogens is 397 g/mol. The molecule has 0 saturated carbocycles. The van der Waals surface area contributed by atoms with Crippen LogP contribution in [-0.2, 0) is 20.0 Å². The van der Waals surface area contributed by atoms with Crippen molar-refractivity contribution in [3.63, 3.8) is 0 Å². The number of fused-ring (bicyclic) bond motifs is 2. The van der Waals surface area contributed by atoms with E-state index in [4.69, 9.17) is 0 Å². The molecule has 0 unspecified atom stereocenters. The summed E-state index contributed by atoms with van der Waals surface area (Å²) in [5, 5.41) is 11.9. The van der Waals surface area contributed by atoms with Crippen LogP contribution in [0.2, 0.25) is 0 Å². The van der Waals surface area contributed by atoms with E-state index < -0.39 is 17.5 Å². The molecular formula is C20H15F3N6O. The minimum absolute atomic E-state index is 0.202. The van der Waals surface area contributed by atoms with Gasteiger partial charge in [-0.15, -0.1) is 0 Å². The third-order valence-corrected chi connectivity index (χ3v) is 5.29. The molecule has 0 spiro atoms. The number of aromatic nitrogens is 5. The summed E-state index contributed by atoms with van der Waals surface area (Å²) in [6, 6.07) is 5.41. The van der Waals surface area contributed by atoms with Crippen molar-refractivity contribution in [2.45, 2.75) is 13.0 Å². The number of benzene rings is 1. The first-order chi connectivity index (χ1) is 14.4. The molecule has 0 aliphatic carbocycles. The predicted molar refractivity (Wildman–Crippen MR) is 101 cm³/mol. The Morgan fingerprint density at radius 1 is 1.20 bits per heavy atom. The van der Waals surface area contributed by atoms with Crippen molar-refractivity contribution in [1.29, 1.82) is 0 Å². The number of carbonyl (C=O) groups is 1. The number of hydrogen-bond acceptors (Lipinski definition) is 4. The quantitative estimate of drug-likeness (QED) is 0.514. The molecule has 3 aromatic heterocycles. The summed E-state index contributed by atoms with van der Waals surface area (Å²) < 4.78 is 42.3. The number of aromatic amines is 1. The van der Waals surface area contributed by atoms with Gasteiger partial charge in [-0.05, 0) is 30.7 Å². The second-order valence-electron chi connectivity index (χ2n) is 7.10. The van der Waals surface area contributed by atoms with Crippen LogP contribution in [0.5, 0.6) is 0 Å². The molecule has 4 aromatic rings. The number of H-pyrrole nitrogens is 1. The summed E-state index contributed by atoms with van der Waals surface area (Å²) in [4.78, 5) is 18.8. The minimum atomic E-state index is -1.51. The van der Waals surface area contributed by atoms with Gasteiger partial charge in [0.05, 0.1) is 23.3 Å². The van der Waals surface area contributed by atoms with Crippen molar-refractivity contribution >= 4 is 16.9 Å². The van der Waals surface area contributed by atoms with E-state index in [-0.39, 0.29) is 18.0 Å². The summed E-state index contributed by atoms with van der Waals surface area (Å²) in [5.74, 6) is -4.25. The van der Waals surface area contributed by atoms with Crippen LogP contribution in [0, 0.1) is 17.5 Å². The fourth-order valence-electron chi connectivity index (χ4n) is 3.92. The third-order valence-electron chi connectivity index (χ3n) is 5.29. The lowest BCUT2D eigenvalue weighted by molar-refractivity contribution is 0.0728.